The van der Waals surface area contributed by atoms with Crippen molar-refractivity contribution in [1.29, 1.82) is 0 Å². The van der Waals surface area contributed by atoms with E-state index in [4.69, 9.17) is 10.5 Å². The zero-order chi connectivity index (χ0) is 13.1. The zero-order valence-electron chi connectivity index (χ0n) is 11.8. The minimum absolute atomic E-state index is 0.240. The van der Waals surface area contributed by atoms with Crippen molar-refractivity contribution in [3.8, 4) is 0 Å². The van der Waals surface area contributed by atoms with Crippen LogP contribution in [-0.2, 0) is 9.53 Å². The van der Waals surface area contributed by atoms with Crippen LogP contribution in [0.1, 0.15) is 72.1 Å². The second-order valence-electron chi connectivity index (χ2n) is 4.77. The average molecular weight is 243 g/mol. The fourth-order valence-corrected chi connectivity index (χ4v) is 1.73. The predicted octanol–water partition coefficient (Wildman–Crippen LogP) is 3.41. The lowest BCUT2D eigenvalue weighted by Crippen LogP contribution is -2.48. The van der Waals surface area contributed by atoms with Crippen LogP contribution in [0.5, 0.6) is 0 Å². The number of ether oxygens (including phenoxy) is 1. The molecule has 0 fully saturated rings. The van der Waals surface area contributed by atoms with Crippen molar-refractivity contribution in [1.82, 2.24) is 0 Å². The smallest absolute Gasteiger partial charge is 0.326 e. The third-order valence-electron chi connectivity index (χ3n) is 3.40. The maximum atomic E-state index is 11.7. The number of hydrogen-bond acceptors (Lipinski definition) is 3. The van der Waals surface area contributed by atoms with Gasteiger partial charge in [-0.3, -0.25) is 4.79 Å². The van der Waals surface area contributed by atoms with Gasteiger partial charge in [-0.15, -0.1) is 0 Å². The minimum Gasteiger partial charge on any atom is -0.464 e. The SMILES string of the molecule is CCCCCCCCOC(=O)C(N)(CC)CC. The Morgan fingerprint density at radius 2 is 1.53 bits per heavy atom. The zero-order valence-corrected chi connectivity index (χ0v) is 11.8. The molecule has 0 spiro atoms. The Kier molecular flexibility index (Phi) is 9.14. The van der Waals surface area contributed by atoms with Crippen LogP contribution in [0.3, 0.4) is 0 Å². The van der Waals surface area contributed by atoms with E-state index >= 15 is 0 Å². The van der Waals surface area contributed by atoms with Crippen LogP contribution in [0.4, 0.5) is 0 Å². The molecule has 17 heavy (non-hydrogen) atoms. The lowest BCUT2D eigenvalue weighted by atomic mass is 9.95. The Balaban J connectivity index is 3.57. The number of hydrogen-bond donors (Lipinski definition) is 1. The molecule has 3 heteroatoms. The Labute approximate surface area is 106 Å². The Morgan fingerprint density at radius 1 is 1.00 bits per heavy atom. The number of carbonyl (C=O) groups is 1. The molecule has 0 rings (SSSR count). The molecule has 0 radical (unpaired) electrons. The van der Waals surface area contributed by atoms with E-state index in [0.717, 1.165) is 12.8 Å². The van der Waals surface area contributed by atoms with Gasteiger partial charge in [0.25, 0.3) is 0 Å². The van der Waals surface area contributed by atoms with Gasteiger partial charge < -0.3 is 10.5 Å². The van der Waals surface area contributed by atoms with Gasteiger partial charge in [0.15, 0.2) is 0 Å². The standard InChI is InChI=1S/C14H29NO2/c1-4-7-8-9-10-11-12-17-13(16)14(15,5-2)6-3/h4-12,15H2,1-3H3. The number of esters is 1. The van der Waals surface area contributed by atoms with Gasteiger partial charge >= 0.3 is 5.97 Å². The average Bonchev–Trinajstić information content (AvgIpc) is 2.36. The number of unbranched alkanes of at least 4 members (excludes halogenated alkanes) is 5. The van der Waals surface area contributed by atoms with E-state index in [-0.39, 0.29) is 5.97 Å². The molecule has 0 aromatic heterocycles. The summed E-state index contributed by atoms with van der Waals surface area (Å²) in [5.41, 5.74) is 5.17. The molecular weight excluding hydrogens is 214 g/mol. The van der Waals surface area contributed by atoms with Crippen molar-refractivity contribution in [2.75, 3.05) is 6.61 Å². The van der Waals surface area contributed by atoms with Crippen LogP contribution in [-0.4, -0.2) is 18.1 Å². The van der Waals surface area contributed by atoms with Crippen molar-refractivity contribution in [2.45, 2.75) is 77.7 Å². The molecule has 2 N–H and O–H groups in total. The summed E-state index contributed by atoms with van der Waals surface area (Å²) in [6, 6.07) is 0. The van der Waals surface area contributed by atoms with Crippen LogP contribution in [0.2, 0.25) is 0 Å². The number of carbonyl (C=O) groups excluding carboxylic acids is 1. The molecule has 0 saturated heterocycles. The van der Waals surface area contributed by atoms with E-state index in [1.807, 2.05) is 13.8 Å². The molecule has 0 aromatic carbocycles. The fourth-order valence-electron chi connectivity index (χ4n) is 1.73. The topological polar surface area (TPSA) is 52.3 Å². The van der Waals surface area contributed by atoms with E-state index in [0.29, 0.717) is 19.4 Å². The summed E-state index contributed by atoms with van der Waals surface area (Å²) >= 11 is 0. The molecule has 0 atom stereocenters. The molecule has 0 bridgehead atoms. The number of nitrogens with two attached hydrogens (primary N) is 1. The molecule has 0 aliphatic rings. The van der Waals surface area contributed by atoms with Crippen molar-refractivity contribution >= 4 is 5.97 Å². The van der Waals surface area contributed by atoms with Gasteiger partial charge in [-0.1, -0.05) is 52.9 Å². The van der Waals surface area contributed by atoms with Crippen LogP contribution in [0.15, 0.2) is 0 Å². The largest absolute Gasteiger partial charge is 0.464 e. The van der Waals surface area contributed by atoms with Crippen molar-refractivity contribution in [3.05, 3.63) is 0 Å². The third-order valence-corrected chi connectivity index (χ3v) is 3.40. The van der Waals surface area contributed by atoms with Crippen LogP contribution >= 0.6 is 0 Å². The predicted molar refractivity (Wildman–Crippen MR) is 71.8 cm³/mol. The summed E-state index contributed by atoms with van der Waals surface area (Å²) in [7, 11) is 0. The molecule has 3 nitrogen and oxygen atoms in total. The second kappa shape index (κ2) is 9.46. The molecule has 0 aliphatic heterocycles. The second-order valence-corrected chi connectivity index (χ2v) is 4.77. The first-order chi connectivity index (χ1) is 8.10. The lowest BCUT2D eigenvalue weighted by molar-refractivity contribution is -0.150. The van der Waals surface area contributed by atoms with Gasteiger partial charge in [-0.25, -0.2) is 0 Å². The quantitative estimate of drug-likeness (QED) is 0.472. The summed E-state index contributed by atoms with van der Waals surface area (Å²) in [5.74, 6) is -0.240. The maximum absolute atomic E-state index is 11.7. The van der Waals surface area contributed by atoms with Gasteiger partial charge in [0, 0.05) is 0 Å². The summed E-state index contributed by atoms with van der Waals surface area (Å²) in [6.07, 6.45) is 8.46. The maximum Gasteiger partial charge on any atom is 0.326 e. The van der Waals surface area contributed by atoms with Gasteiger partial charge in [-0.2, -0.15) is 0 Å². The van der Waals surface area contributed by atoms with Crippen molar-refractivity contribution in [2.24, 2.45) is 5.73 Å². The van der Waals surface area contributed by atoms with Gasteiger partial charge in [0.1, 0.15) is 5.54 Å². The summed E-state index contributed by atoms with van der Waals surface area (Å²) in [6.45, 7) is 6.58. The first-order valence-electron chi connectivity index (χ1n) is 7.06. The first kappa shape index (κ1) is 16.4. The molecule has 0 saturated carbocycles. The summed E-state index contributed by atoms with van der Waals surface area (Å²) < 4.78 is 5.23. The van der Waals surface area contributed by atoms with Crippen LogP contribution in [0.25, 0.3) is 0 Å². The van der Waals surface area contributed by atoms with Crippen LogP contribution in [0, 0.1) is 0 Å². The van der Waals surface area contributed by atoms with E-state index < -0.39 is 5.54 Å². The van der Waals surface area contributed by atoms with Crippen LogP contribution < -0.4 is 5.73 Å². The fraction of sp³-hybridized carbons (Fsp3) is 0.929. The van der Waals surface area contributed by atoms with Gasteiger partial charge in [0.05, 0.1) is 6.61 Å². The molecule has 0 aromatic rings. The van der Waals surface area contributed by atoms with E-state index in [1.165, 1.54) is 25.7 Å². The molecular formula is C14H29NO2. The highest BCUT2D eigenvalue weighted by molar-refractivity contribution is 5.80. The highest BCUT2D eigenvalue weighted by Gasteiger charge is 2.31. The van der Waals surface area contributed by atoms with Gasteiger partial charge in [-0.05, 0) is 19.3 Å². The lowest BCUT2D eigenvalue weighted by Gasteiger charge is -2.23. The van der Waals surface area contributed by atoms with Gasteiger partial charge in [0.2, 0.25) is 0 Å². The highest BCUT2D eigenvalue weighted by atomic mass is 16.5. The molecule has 0 heterocycles. The third kappa shape index (κ3) is 6.67. The Bertz CT molecular complexity index is 200. The summed E-state index contributed by atoms with van der Waals surface area (Å²) in [4.78, 5) is 11.7. The first-order valence-corrected chi connectivity index (χ1v) is 7.06. The van der Waals surface area contributed by atoms with Crippen molar-refractivity contribution in [3.63, 3.8) is 0 Å². The monoisotopic (exact) mass is 243 g/mol. The normalized spacial score (nSPS) is 11.5. The molecule has 0 amide bonds. The van der Waals surface area contributed by atoms with Crippen molar-refractivity contribution < 1.29 is 9.53 Å². The molecule has 102 valence electrons. The number of rotatable bonds is 10. The van der Waals surface area contributed by atoms with E-state index in [2.05, 4.69) is 6.92 Å². The van der Waals surface area contributed by atoms with E-state index in [1.54, 1.807) is 0 Å². The Morgan fingerprint density at radius 3 is 2.06 bits per heavy atom. The van der Waals surface area contributed by atoms with E-state index in [9.17, 15) is 4.79 Å². The summed E-state index contributed by atoms with van der Waals surface area (Å²) in [5, 5.41) is 0. The minimum atomic E-state index is -0.776. The molecule has 0 aliphatic carbocycles. The molecule has 0 unspecified atom stereocenters. The Hall–Kier alpha value is -0.570. The highest BCUT2D eigenvalue weighted by Crippen LogP contribution is 2.14.